The Morgan fingerprint density at radius 1 is 0.800 bits per heavy atom. The van der Waals surface area contributed by atoms with Crippen LogP contribution in [0.4, 0.5) is 0 Å². The fourth-order valence-corrected chi connectivity index (χ4v) is 2.42. The van der Waals surface area contributed by atoms with E-state index in [-0.39, 0.29) is 6.42 Å². The summed E-state index contributed by atoms with van der Waals surface area (Å²) in [5.41, 5.74) is 4.42. The average molecular weight is 264 g/mol. The molecule has 2 heteroatoms. The third-order valence-electron chi connectivity index (χ3n) is 3.48. The summed E-state index contributed by atoms with van der Waals surface area (Å²) in [4.78, 5) is 0. The van der Waals surface area contributed by atoms with Gasteiger partial charge in [-0.2, -0.15) is 0 Å². The highest BCUT2D eigenvalue weighted by molar-refractivity contribution is 5.86. The molecule has 0 unspecified atom stereocenters. The summed E-state index contributed by atoms with van der Waals surface area (Å²) in [7, 11) is 0. The maximum absolute atomic E-state index is 9.55. The number of allylic oxidation sites excluding steroid dienone is 2. The molecule has 0 saturated heterocycles. The Labute approximate surface area is 118 Å². The highest BCUT2D eigenvalue weighted by Crippen LogP contribution is 2.32. The Balaban J connectivity index is 2.04. The van der Waals surface area contributed by atoms with Gasteiger partial charge in [-0.25, -0.2) is 0 Å². The van der Waals surface area contributed by atoms with Crippen molar-refractivity contribution in [1.82, 2.24) is 0 Å². The minimum absolute atomic E-state index is 0.210. The smallest absolute Gasteiger partial charge is 0.186 e. The van der Waals surface area contributed by atoms with Crippen LogP contribution >= 0.6 is 0 Å². The first kappa shape index (κ1) is 12.9. The van der Waals surface area contributed by atoms with Gasteiger partial charge >= 0.3 is 0 Å². The van der Waals surface area contributed by atoms with E-state index in [1.807, 2.05) is 36.4 Å². The van der Waals surface area contributed by atoms with Gasteiger partial charge in [-0.15, -0.1) is 0 Å². The van der Waals surface area contributed by atoms with Crippen molar-refractivity contribution in [2.24, 2.45) is 0 Å². The van der Waals surface area contributed by atoms with Crippen molar-refractivity contribution in [1.29, 1.82) is 0 Å². The van der Waals surface area contributed by atoms with Gasteiger partial charge in [-0.1, -0.05) is 66.7 Å². The molecule has 100 valence electrons. The predicted octanol–water partition coefficient (Wildman–Crippen LogP) is 3.38. The number of rotatable bonds is 2. The van der Waals surface area contributed by atoms with Crippen LogP contribution in [0.2, 0.25) is 0 Å². The molecule has 0 aromatic heterocycles. The Hall–Kier alpha value is -2.16. The van der Waals surface area contributed by atoms with Crippen LogP contribution in [0, 0.1) is 0 Å². The van der Waals surface area contributed by atoms with Crippen molar-refractivity contribution < 1.29 is 10.2 Å². The highest BCUT2D eigenvalue weighted by Gasteiger charge is 2.21. The normalized spacial score (nSPS) is 16.8. The lowest BCUT2D eigenvalue weighted by Gasteiger charge is -2.21. The van der Waals surface area contributed by atoms with Crippen LogP contribution < -0.4 is 0 Å². The zero-order valence-electron chi connectivity index (χ0n) is 11.0. The van der Waals surface area contributed by atoms with E-state index >= 15 is 0 Å². The van der Waals surface area contributed by atoms with E-state index in [2.05, 4.69) is 24.3 Å². The molecule has 2 aromatic rings. The quantitative estimate of drug-likeness (QED) is 0.816. The van der Waals surface area contributed by atoms with Crippen LogP contribution in [0.15, 0.2) is 72.8 Å². The molecule has 0 spiro atoms. The molecule has 0 saturated carbocycles. The fourth-order valence-electron chi connectivity index (χ4n) is 2.42. The Bertz CT molecular complexity index is 667. The second-order valence-electron chi connectivity index (χ2n) is 4.99. The van der Waals surface area contributed by atoms with Gasteiger partial charge in [0.15, 0.2) is 5.79 Å². The largest absolute Gasteiger partial charge is 0.362 e. The standard InChI is InChI=1S/C18H16O2/c19-18(20)12-10-15(11-13-18)17-9-5-4-8-16(17)14-6-2-1-3-7-14/h1-12,19-20H,13H2. The van der Waals surface area contributed by atoms with Crippen LogP contribution in [0.5, 0.6) is 0 Å². The maximum atomic E-state index is 9.55. The molecule has 0 bridgehead atoms. The summed E-state index contributed by atoms with van der Waals surface area (Å²) in [6.07, 6.45) is 5.28. The molecule has 0 fully saturated rings. The molecule has 0 heterocycles. The van der Waals surface area contributed by atoms with Gasteiger partial charge in [-0.05, 0) is 28.3 Å². The first-order valence-corrected chi connectivity index (χ1v) is 6.65. The third kappa shape index (κ3) is 2.57. The molecule has 2 N–H and O–H groups in total. The molecule has 0 amide bonds. The monoisotopic (exact) mass is 264 g/mol. The molecular weight excluding hydrogens is 248 g/mol. The fraction of sp³-hybridized carbons (Fsp3) is 0.111. The molecule has 1 aliphatic carbocycles. The SMILES string of the molecule is OC1(O)C=CC(c2ccccc2-c2ccccc2)=CC1. The van der Waals surface area contributed by atoms with Crippen molar-refractivity contribution >= 4 is 5.57 Å². The lowest BCUT2D eigenvalue weighted by Crippen LogP contribution is -2.25. The van der Waals surface area contributed by atoms with E-state index in [0.29, 0.717) is 0 Å². The molecule has 2 nitrogen and oxygen atoms in total. The lowest BCUT2D eigenvalue weighted by molar-refractivity contribution is -0.114. The number of benzene rings is 2. The van der Waals surface area contributed by atoms with Gasteiger partial charge in [0.25, 0.3) is 0 Å². The summed E-state index contributed by atoms with van der Waals surface area (Å²) in [5.74, 6) is -1.72. The van der Waals surface area contributed by atoms with Crippen LogP contribution in [-0.2, 0) is 0 Å². The predicted molar refractivity (Wildman–Crippen MR) is 80.8 cm³/mol. The Kier molecular flexibility index (Phi) is 3.26. The van der Waals surface area contributed by atoms with Crippen molar-refractivity contribution in [2.45, 2.75) is 12.2 Å². The van der Waals surface area contributed by atoms with E-state index in [4.69, 9.17) is 0 Å². The van der Waals surface area contributed by atoms with Gasteiger partial charge in [0, 0.05) is 6.42 Å². The summed E-state index contributed by atoms with van der Waals surface area (Å²) in [6.45, 7) is 0. The molecule has 3 rings (SSSR count). The van der Waals surface area contributed by atoms with Gasteiger partial charge in [-0.3, -0.25) is 0 Å². The van der Waals surface area contributed by atoms with E-state index in [0.717, 1.165) is 22.3 Å². The molecule has 0 atom stereocenters. The van der Waals surface area contributed by atoms with Crippen molar-refractivity contribution in [2.75, 3.05) is 0 Å². The van der Waals surface area contributed by atoms with Gasteiger partial charge in [0.05, 0.1) is 0 Å². The summed E-state index contributed by atoms with van der Waals surface area (Å²) >= 11 is 0. The summed E-state index contributed by atoms with van der Waals surface area (Å²) in [6, 6.07) is 18.3. The average Bonchev–Trinajstić information content (AvgIpc) is 2.48. The molecule has 20 heavy (non-hydrogen) atoms. The van der Waals surface area contributed by atoms with Gasteiger partial charge in [0.2, 0.25) is 0 Å². The Morgan fingerprint density at radius 3 is 2.10 bits per heavy atom. The first-order valence-electron chi connectivity index (χ1n) is 6.65. The van der Waals surface area contributed by atoms with E-state index in [1.165, 1.54) is 6.08 Å². The first-order chi connectivity index (χ1) is 9.66. The number of hydrogen-bond acceptors (Lipinski definition) is 2. The van der Waals surface area contributed by atoms with Crippen molar-refractivity contribution in [3.8, 4) is 11.1 Å². The zero-order chi connectivity index (χ0) is 14.0. The Morgan fingerprint density at radius 2 is 1.45 bits per heavy atom. The van der Waals surface area contributed by atoms with E-state index in [9.17, 15) is 10.2 Å². The highest BCUT2D eigenvalue weighted by atomic mass is 16.5. The second kappa shape index (κ2) is 5.08. The maximum Gasteiger partial charge on any atom is 0.186 e. The van der Waals surface area contributed by atoms with Crippen LogP contribution in [0.1, 0.15) is 12.0 Å². The molecule has 1 aliphatic rings. The second-order valence-corrected chi connectivity index (χ2v) is 4.99. The minimum Gasteiger partial charge on any atom is -0.362 e. The number of aliphatic hydroxyl groups is 2. The van der Waals surface area contributed by atoms with Crippen LogP contribution in [-0.4, -0.2) is 16.0 Å². The topological polar surface area (TPSA) is 40.5 Å². The number of hydrogen-bond donors (Lipinski definition) is 2. The lowest BCUT2D eigenvalue weighted by atomic mass is 9.90. The molecule has 0 aliphatic heterocycles. The molecular formula is C18H16O2. The van der Waals surface area contributed by atoms with Crippen LogP contribution in [0.3, 0.4) is 0 Å². The molecule has 0 radical (unpaired) electrons. The zero-order valence-corrected chi connectivity index (χ0v) is 11.0. The van der Waals surface area contributed by atoms with Gasteiger partial charge < -0.3 is 10.2 Å². The third-order valence-corrected chi connectivity index (χ3v) is 3.48. The van der Waals surface area contributed by atoms with Crippen LogP contribution in [0.25, 0.3) is 16.7 Å². The van der Waals surface area contributed by atoms with E-state index in [1.54, 1.807) is 6.08 Å². The summed E-state index contributed by atoms with van der Waals surface area (Å²) < 4.78 is 0. The minimum atomic E-state index is -1.72. The van der Waals surface area contributed by atoms with E-state index < -0.39 is 5.79 Å². The molecule has 2 aromatic carbocycles. The van der Waals surface area contributed by atoms with Crippen molar-refractivity contribution in [3.63, 3.8) is 0 Å². The van der Waals surface area contributed by atoms with Crippen molar-refractivity contribution in [3.05, 3.63) is 78.4 Å². The summed E-state index contributed by atoms with van der Waals surface area (Å²) in [5, 5.41) is 19.1. The van der Waals surface area contributed by atoms with Gasteiger partial charge in [0.1, 0.15) is 0 Å².